The van der Waals surface area contributed by atoms with Gasteiger partial charge in [0.05, 0.1) is 5.75 Å². The van der Waals surface area contributed by atoms with E-state index in [1.54, 1.807) is 16.7 Å². The quantitative estimate of drug-likeness (QED) is 0.544. The molecule has 0 aliphatic heterocycles. The van der Waals surface area contributed by atoms with Gasteiger partial charge in [-0.15, -0.1) is 11.8 Å². The van der Waals surface area contributed by atoms with Crippen molar-refractivity contribution < 1.29 is 9.59 Å². The Balaban J connectivity index is 1.61. The highest BCUT2D eigenvalue weighted by atomic mass is 35.5. The number of carbonyl (C=O) groups excluding carboxylic acids is 2. The molecular formula is C25H31ClN2O2S. The summed E-state index contributed by atoms with van der Waals surface area (Å²) in [5, 5.41) is 3.88. The molecule has 0 heterocycles. The number of hydrogen-bond acceptors (Lipinski definition) is 3. The van der Waals surface area contributed by atoms with E-state index < -0.39 is 6.04 Å². The summed E-state index contributed by atoms with van der Waals surface area (Å²) in [6, 6.07) is 17.2. The zero-order valence-corrected chi connectivity index (χ0v) is 19.6. The van der Waals surface area contributed by atoms with Crippen molar-refractivity contribution in [2.24, 2.45) is 0 Å². The van der Waals surface area contributed by atoms with Crippen LogP contribution in [0.3, 0.4) is 0 Å². The van der Waals surface area contributed by atoms with E-state index in [-0.39, 0.29) is 17.9 Å². The lowest BCUT2D eigenvalue weighted by Crippen LogP contribution is -2.50. The van der Waals surface area contributed by atoms with Crippen molar-refractivity contribution in [1.29, 1.82) is 0 Å². The molecule has 1 fully saturated rings. The molecule has 6 heteroatoms. The van der Waals surface area contributed by atoms with Crippen LogP contribution >= 0.6 is 23.4 Å². The number of halogens is 1. The van der Waals surface area contributed by atoms with E-state index in [4.69, 9.17) is 11.6 Å². The zero-order valence-electron chi connectivity index (χ0n) is 18.1. The van der Waals surface area contributed by atoms with Crippen LogP contribution in [0.25, 0.3) is 0 Å². The van der Waals surface area contributed by atoms with Crippen LogP contribution in [0.15, 0.2) is 54.6 Å². The van der Waals surface area contributed by atoms with Gasteiger partial charge in [-0.3, -0.25) is 9.59 Å². The highest BCUT2D eigenvalue weighted by molar-refractivity contribution is 7.99. The van der Waals surface area contributed by atoms with E-state index in [0.717, 1.165) is 42.6 Å². The van der Waals surface area contributed by atoms with Gasteiger partial charge in [0.2, 0.25) is 11.8 Å². The summed E-state index contributed by atoms with van der Waals surface area (Å²) in [4.78, 5) is 27.8. The maximum atomic E-state index is 13.1. The van der Waals surface area contributed by atoms with E-state index in [1.807, 2.05) is 61.5 Å². The molecule has 3 rings (SSSR count). The van der Waals surface area contributed by atoms with Crippen LogP contribution in [0.4, 0.5) is 0 Å². The molecule has 31 heavy (non-hydrogen) atoms. The molecule has 0 spiro atoms. The van der Waals surface area contributed by atoms with Gasteiger partial charge in [-0.05, 0) is 43.0 Å². The van der Waals surface area contributed by atoms with Crippen LogP contribution in [-0.2, 0) is 21.9 Å². The largest absolute Gasteiger partial charge is 0.352 e. The van der Waals surface area contributed by atoms with Crippen molar-refractivity contribution >= 4 is 35.2 Å². The first-order valence-corrected chi connectivity index (χ1v) is 12.5. The third kappa shape index (κ3) is 7.58. The van der Waals surface area contributed by atoms with Crippen molar-refractivity contribution in [2.45, 2.75) is 63.4 Å². The Morgan fingerprint density at radius 3 is 2.39 bits per heavy atom. The second-order valence-electron chi connectivity index (χ2n) is 8.15. The summed E-state index contributed by atoms with van der Waals surface area (Å²) in [5.41, 5.74) is 2.15. The van der Waals surface area contributed by atoms with E-state index in [2.05, 4.69) is 5.32 Å². The monoisotopic (exact) mass is 458 g/mol. The summed E-state index contributed by atoms with van der Waals surface area (Å²) in [5.74, 6) is 0.981. The van der Waals surface area contributed by atoms with E-state index in [0.29, 0.717) is 17.3 Å². The molecule has 4 nitrogen and oxygen atoms in total. The number of amides is 2. The van der Waals surface area contributed by atoms with Crippen molar-refractivity contribution in [3.05, 3.63) is 70.7 Å². The first kappa shape index (κ1) is 23.7. The SMILES string of the molecule is C[C@@H](C(=O)NC1CCCCC1)N(Cc1ccccc1)C(=O)CSCc1ccc(Cl)cc1. The van der Waals surface area contributed by atoms with Gasteiger partial charge in [-0.1, -0.05) is 73.3 Å². The summed E-state index contributed by atoms with van der Waals surface area (Å²) < 4.78 is 0. The third-order valence-corrected chi connectivity index (χ3v) is 6.96. The molecule has 1 N–H and O–H groups in total. The van der Waals surface area contributed by atoms with Gasteiger partial charge in [0.1, 0.15) is 6.04 Å². The Morgan fingerprint density at radius 2 is 1.71 bits per heavy atom. The summed E-state index contributed by atoms with van der Waals surface area (Å²) >= 11 is 7.50. The van der Waals surface area contributed by atoms with Crippen molar-refractivity contribution in [3.63, 3.8) is 0 Å². The van der Waals surface area contributed by atoms with Crippen LogP contribution in [0.1, 0.15) is 50.2 Å². The summed E-state index contributed by atoms with van der Waals surface area (Å²) in [6.07, 6.45) is 5.62. The number of benzene rings is 2. The number of hydrogen-bond donors (Lipinski definition) is 1. The normalized spacial score (nSPS) is 15.3. The first-order chi connectivity index (χ1) is 15.0. The molecule has 2 aromatic carbocycles. The number of thioether (sulfide) groups is 1. The molecule has 2 aromatic rings. The predicted octanol–water partition coefficient (Wildman–Crippen LogP) is 5.44. The molecule has 1 atom stereocenters. The molecule has 0 saturated heterocycles. The summed E-state index contributed by atoms with van der Waals surface area (Å²) in [7, 11) is 0. The smallest absolute Gasteiger partial charge is 0.242 e. The molecule has 1 aliphatic carbocycles. The molecule has 0 unspecified atom stereocenters. The second-order valence-corrected chi connectivity index (χ2v) is 9.57. The van der Waals surface area contributed by atoms with Gasteiger partial charge in [-0.2, -0.15) is 0 Å². The van der Waals surface area contributed by atoms with Gasteiger partial charge < -0.3 is 10.2 Å². The van der Waals surface area contributed by atoms with Crippen molar-refractivity contribution in [3.8, 4) is 0 Å². The number of rotatable bonds is 9. The van der Waals surface area contributed by atoms with Crippen LogP contribution in [0.2, 0.25) is 5.02 Å². The van der Waals surface area contributed by atoms with Crippen LogP contribution in [0, 0.1) is 0 Å². The molecule has 2 amide bonds. The van der Waals surface area contributed by atoms with Crippen LogP contribution < -0.4 is 5.32 Å². The molecule has 1 aliphatic rings. The minimum atomic E-state index is -0.509. The van der Waals surface area contributed by atoms with Gasteiger partial charge in [0.15, 0.2) is 0 Å². The maximum Gasteiger partial charge on any atom is 0.242 e. The molecule has 0 radical (unpaired) electrons. The minimum Gasteiger partial charge on any atom is -0.352 e. The summed E-state index contributed by atoms with van der Waals surface area (Å²) in [6.45, 7) is 2.27. The first-order valence-electron chi connectivity index (χ1n) is 11.0. The second kappa shape index (κ2) is 12.2. The average Bonchev–Trinajstić information content (AvgIpc) is 2.79. The Morgan fingerprint density at radius 1 is 1.03 bits per heavy atom. The lowest BCUT2D eigenvalue weighted by Gasteiger charge is -2.31. The van der Waals surface area contributed by atoms with Crippen LogP contribution in [0.5, 0.6) is 0 Å². The van der Waals surface area contributed by atoms with Crippen molar-refractivity contribution in [1.82, 2.24) is 10.2 Å². The fourth-order valence-corrected chi connectivity index (χ4v) is 4.85. The van der Waals surface area contributed by atoms with Gasteiger partial charge in [0.25, 0.3) is 0 Å². The highest BCUT2D eigenvalue weighted by Gasteiger charge is 2.27. The molecule has 0 aromatic heterocycles. The molecule has 166 valence electrons. The third-order valence-electron chi connectivity index (χ3n) is 5.72. The van der Waals surface area contributed by atoms with Crippen molar-refractivity contribution in [2.75, 3.05) is 5.75 Å². The standard InChI is InChI=1S/C25H31ClN2O2S/c1-19(25(30)27-23-10-6-3-7-11-23)28(16-20-8-4-2-5-9-20)24(29)18-31-17-21-12-14-22(26)15-13-21/h2,4-5,8-9,12-15,19,23H,3,6-7,10-11,16-18H2,1H3,(H,27,30)/t19-/m0/s1. The fourth-order valence-electron chi connectivity index (χ4n) is 3.85. The number of carbonyl (C=O) groups is 2. The lowest BCUT2D eigenvalue weighted by atomic mass is 9.95. The van der Waals surface area contributed by atoms with Gasteiger partial charge >= 0.3 is 0 Å². The Hall–Kier alpha value is -1.98. The Bertz CT molecular complexity index is 838. The predicted molar refractivity (Wildman–Crippen MR) is 129 cm³/mol. The molecule has 0 bridgehead atoms. The minimum absolute atomic E-state index is 0.0193. The Kier molecular flexibility index (Phi) is 9.29. The zero-order chi connectivity index (χ0) is 22.1. The molecular weight excluding hydrogens is 428 g/mol. The van der Waals surface area contributed by atoms with Crippen LogP contribution in [-0.4, -0.2) is 34.6 Å². The lowest BCUT2D eigenvalue weighted by molar-refractivity contribution is -0.139. The van der Waals surface area contributed by atoms with E-state index >= 15 is 0 Å². The van der Waals surface area contributed by atoms with E-state index in [9.17, 15) is 9.59 Å². The maximum absolute atomic E-state index is 13.1. The van der Waals surface area contributed by atoms with E-state index in [1.165, 1.54) is 6.42 Å². The van der Waals surface area contributed by atoms with Gasteiger partial charge in [-0.25, -0.2) is 0 Å². The Labute approximate surface area is 194 Å². The average molecular weight is 459 g/mol. The van der Waals surface area contributed by atoms with Gasteiger partial charge in [0, 0.05) is 23.4 Å². The molecule has 1 saturated carbocycles. The highest BCUT2D eigenvalue weighted by Crippen LogP contribution is 2.20. The number of nitrogens with one attached hydrogen (secondary N) is 1. The topological polar surface area (TPSA) is 49.4 Å². The fraction of sp³-hybridized carbons (Fsp3) is 0.440. The number of nitrogens with zero attached hydrogens (tertiary/aromatic N) is 1.